The molecule has 0 aliphatic carbocycles. The van der Waals surface area contributed by atoms with Crippen LogP contribution in [0.4, 0.5) is 5.69 Å². The molecule has 2 aromatic carbocycles. The van der Waals surface area contributed by atoms with Crippen LogP contribution in [0.15, 0.2) is 47.4 Å². The summed E-state index contributed by atoms with van der Waals surface area (Å²) in [6, 6.07) is 9.98. The Balaban J connectivity index is 2.48. The summed E-state index contributed by atoms with van der Waals surface area (Å²) in [7, 11) is -0.877. The number of ketones is 1. The lowest BCUT2D eigenvalue weighted by Crippen LogP contribution is -2.24. The van der Waals surface area contributed by atoms with E-state index in [1.807, 2.05) is 0 Å². The number of amides is 1. The number of hydrogen-bond donors (Lipinski definition) is 1. The Labute approximate surface area is 151 Å². The Kier molecular flexibility index (Phi) is 5.49. The highest BCUT2D eigenvalue weighted by Gasteiger charge is 2.20. The number of anilines is 1. The Morgan fingerprint density at radius 2 is 1.76 bits per heavy atom. The van der Waals surface area contributed by atoms with Crippen molar-refractivity contribution in [3.63, 3.8) is 0 Å². The van der Waals surface area contributed by atoms with Crippen molar-refractivity contribution in [1.82, 2.24) is 4.90 Å². The zero-order valence-corrected chi connectivity index (χ0v) is 15.5. The summed E-state index contributed by atoms with van der Waals surface area (Å²) in [6.07, 6.45) is 0. The Morgan fingerprint density at radius 3 is 2.36 bits per heavy atom. The van der Waals surface area contributed by atoms with E-state index >= 15 is 0 Å². The van der Waals surface area contributed by atoms with E-state index in [2.05, 4.69) is 4.72 Å². The van der Waals surface area contributed by atoms with Gasteiger partial charge in [0, 0.05) is 24.7 Å². The third-order valence-electron chi connectivity index (χ3n) is 3.41. The second-order valence-electron chi connectivity index (χ2n) is 5.58. The number of halogens is 1. The highest BCUT2D eigenvalue weighted by atomic mass is 35.5. The summed E-state index contributed by atoms with van der Waals surface area (Å²) < 4.78 is 27.7. The van der Waals surface area contributed by atoms with Crippen LogP contribution in [0.1, 0.15) is 27.6 Å². The lowest BCUT2D eigenvalue weighted by molar-refractivity contribution is 0.0828. The largest absolute Gasteiger partial charge is 0.345 e. The van der Waals surface area contributed by atoms with E-state index in [-0.39, 0.29) is 38.4 Å². The van der Waals surface area contributed by atoms with Gasteiger partial charge in [0.25, 0.3) is 15.9 Å². The van der Waals surface area contributed by atoms with Gasteiger partial charge in [0.2, 0.25) is 0 Å². The van der Waals surface area contributed by atoms with Crippen LogP contribution in [0.3, 0.4) is 0 Å². The molecule has 132 valence electrons. The third-order valence-corrected chi connectivity index (χ3v) is 5.01. The average Bonchev–Trinajstić information content (AvgIpc) is 2.54. The molecule has 0 saturated heterocycles. The second kappa shape index (κ2) is 7.25. The first-order valence-electron chi connectivity index (χ1n) is 7.27. The van der Waals surface area contributed by atoms with Crippen LogP contribution in [0.25, 0.3) is 0 Å². The fourth-order valence-corrected chi connectivity index (χ4v) is 3.40. The second-order valence-corrected chi connectivity index (χ2v) is 7.70. The van der Waals surface area contributed by atoms with Gasteiger partial charge in [0.15, 0.2) is 5.78 Å². The van der Waals surface area contributed by atoms with E-state index in [1.54, 1.807) is 14.1 Å². The Bertz CT molecular complexity index is 939. The quantitative estimate of drug-likeness (QED) is 0.808. The molecular weight excluding hydrogens is 364 g/mol. The van der Waals surface area contributed by atoms with Crippen LogP contribution < -0.4 is 4.72 Å². The van der Waals surface area contributed by atoms with E-state index in [4.69, 9.17) is 11.6 Å². The fourth-order valence-electron chi connectivity index (χ4n) is 2.11. The topological polar surface area (TPSA) is 83.5 Å². The Morgan fingerprint density at radius 1 is 1.08 bits per heavy atom. The minimum atomic E-state index is -4.00. The molecule has 0 heterocycles. The maximum atomic E-state index is 12.6. The number of hydrogen-bond acceptors (Lipinski definition) is 4. The molecule has 0 radical (unpaired) electrons. The summed E-state index contributed by atoms with van der Waals surface area (Å²) in [5, 5.41) is 0.283. The third kappa shape index (κ3) is 4.37. The summed E-state index contributed by atoms with van der Waals surface area (Å²) in [5.41, 5.74) is 0.513. The summed E-state index contributed by atoms with van der Waals surface area (Å²) >= 11 is 5.94. The van der Waals surface area contributed by atoms with Crippen LogP contribution in [0.2, 0.25) is 5.02 Å². The predicted octanol–water partition coefficient (Wildman–Crippen LogP) is 3.05. The fraction of sp³-hybridized carbons (Fsp3) is 0.176. The lowest BCUT2D eigenvalue weighted by atomic mass is 10.1. The van der Waals surface area contributed by atoms with E-state index in [0.717, 1.165) is 0 Å². The van der Waals surface area contributed by atoms with Crippen molar-refractivity contribution in [2.45, 2.75) is 11.8 Å². The number of carbonyl (C=O) groups is 2. The lowest BCUT2D eigenvalue weighted by Gasteiger charge is -2.16. The minimum absolute atomic E-state index is 0.0689. The molecule has 0 saturated carbocycles. The molecule has 2 rings (SSSR count). The Hall–Kier alpha value is -2.38. The molecule has 2 aromatic rings. The zero-order valence-electron chi connectivity index (χ0n) is 13.9. The monoisotopic (exact) mass is 380 g/mol. The molecule has 0 fully saturated rings. The normalized spacial score (nSPS) is 11.0. The van der Waals surface area contributed by atoms with Gasteiger partial charge in [-0.25, -0.2) is 8.42 Å². The van der Waals surface area contributed by atoms with E-state index in [0.29, 0.717) is 0 Å². The van der Waals surface area contributed by atoms with Gasteiger partial charge < -0.3 is 4.90 Å². The van der Waals surface area contributed by atoms with Crippen molar-refractivity contribution in [1.29, 1.82) is 0 Å². The van der Waals surface area contributed by atoms with Crippen molar-refractivity contribution in [2.75, 3.05) is 18.8 Å². The van der Waals surface area contributed by atoms with Crippen molar-refractivity contribution >= 4 is 39.0 Å². The van der Waals surface area contributed by atoms with Gasteiger partial charge in [-0.3, -0.25) is 14.3 Å². The SMILES string of the molecule is CC(=O)c1cccc(S(=O)(=O)Nc2cc(Cl)ccc2C(=O)N(C)C)c1. The summed E-state index contributed by atoms with van der Waals surface area (Å²) in [5.74, 6) is -0.616. The van der Waals surface area contributed by atoms with Gasteiger partial charge >= 0.3 is 0 Å². The molecule has 0 atom stereocenters. The first kappa shape index (κ1) is 19.0. The molecule has 0 spiro atoms. The van der Waals surface area contributed by atoms with Crippen LogP contribution in [-0.2, 0) is 10.0 Å². The van der Waals surface area contributed by atoms with E-state index in [9.17, 15) is 18.0 Å². The molecule has 0 bridgehead atoms. The highest BCUT2D eigenvalue weighted by molar-refractivity contribution is 7.92. The van der Waals surface area contributed by atoms with Gasteiger partial charge in [-0.2, -0.15) is 0 Å². The highest BCUT2D eigenvalue weighted by Crippen LogP contribution is 2.25. The van der Waals surface area contributed by atoms with Gasteiger partial charge in [-0.15, -0.1) is 0 Å². The number of rotatable bonds is 5. The molecule has 25 heavy (non-hydrogen) atoms. The molecule has 0 unspecified atom stereocenters. The first-order valence-corrected chi connectivity index (χ1v) is 9.13. The molecular formula is C17H17ClN2O4S. The molecule has 1 amide bonds. The smallest absolute Gasteiger partial charge is 0.261 e. The minimum Gasteiger partial charge on any atom is -0.345 e. The van der Waals surface area contributed by atoms with Crippen LogP contribution in [-0.4, -0.2) is 39.1 Å². The van der Waals surface area contributed by atoms with Gasteiger partial charge in [0.05, 0.1) is 16.1 Å². The zero-order chi connectivity index (χ0) is 18.8. The predicted molar refractivity (Wildman–Crippen MR) is 96.7 cm³/mol. The average molecular weight is 381 g/mol. The van der Waals surface area contributed by atoms with Crippen molar-refractivity contribution in [3.8, 4) is 0 Å². The van der Waals surface area contributed by atoms with Crippen molar-refractivity contribution in [3.05, 3.63) is 58.6 Å². The van der Waals surface area contributed by atoms with Gasteiger partial charge in [0.1, 0.15) is 0 Å². The maximum Gasteiger partial charge on any atom is 0.261 e. The number of carbonyl (C=O) groups excluding carboxylic acids is 2. The standard InChI is InChI=1S/C17H17ClN2O4S/c1-11(21)12-5-4-6-14(9-12)25(23,24)19-16-10-13(18)7-8-15(16)17(22)20(2)3/h4-10,19H,1-3H3. The van der Waals surface area contributed by atoms with Gasteiger partial charge in [-0.1, -0.05) is 23.7 Å². The molecule has 1 N–H and O–H groups in total. The number of nitrogens with zero attached hydrogens (tertiary/aromatic N) is 1. The van der Waals surface area contributed by atoms with Crippen molar-refractivity contribution < 1.29 is 18.0 Å². The molecule has 8 heteroatoms. The number of sulfonamides is 1. The van der Waals surface area contributed by atoms with E-state index < -0.39 is 10.0 Å². The number of Topliss-reactive ketones (excluding diaryl/α,β-unsaturated/α-hetero) is 1. The molecule has 6 nitrogen and oxygen atoms in total. The molecule has 0 aromatic heterocycles. The molecule has 0 aliphatic rings. The van der Waals surface area contributed by atoms with Crippen LogP contribution in [0.5, 0.6) is 0 Å². The first-order chi connectivity index (χ1) is 11.6. The maximum absolute atomic E-state index is 12.6. The summed E-state index contributed by atoms with van der Waals surface area (Å²) in [4.78, 5) is 25.0. The number of nitrogens with one attached hydrogen (secondary N) is 1. The number of benzene rings is 2. The summed E-state index contributed by atoms with van der Waals surface area (Å²) in [6.45, 7) is 1.35. The molecule has 0 aliphatic heterocycles. The van der Waals surface area contributed by atoms with Gasteiger partial charge in [-0.05, 0) is 37.3 Å². The van der Waals surface area contributed by atoms with E-state index in [1.165, 1.54) is 54.3 Å². The van der Waals surface area contributed by atoms with Crippen LogP contribution in [0, 0.1) is 0 Å². The van der Waals surface area contributed by atoms with Crippen LogP contribution >= 0.6 is 11.6 Å². The van der Waals surface area contributed by atoms with Crippen molar-refractivity contribution in [2.24, 2.45) is 0 Å².